The molecule has 116 valence electrons. The van der Waals surface area contributed by atoms with Crippen LogP contribution in [0, 0.1) is 6.92 Å². The van der Waals surface area contributed by atoms with E-state index in [1.807, 2.05) is 18.9 Å². The highest BCUT2D eigenvalue weighted by Crippen LogP contribution is 2.27. The number of carbonyl (C=O) groups is 1. The maximum absolute atomic E-state index is 12.1. The van der Waals surface area contributed by atoms with Crippen LogP contribution < -0.4 is 10.6 Å². The number of nitrogen functional groups attached to an aromatic ring is 1. The fourth-order valence-corrected chi connectivity index (χ4v) is 2.33. The monoisotopic (exact) mass is 291 g/mol. The molecule has 0 radical (unpaired) electrons. The Kier molecular flexibility index (Phi) is 4.07. The third-order valence-corrected chi connectivity index (χ3v) is 3.80. The molecule has 2 rings (SSSR count). The third kappa shape index (κ3) is 3.25. The molecule has 0 aliphatic carbocycles. The zero-order valence-corrected chi connectivity index (χ0v) is 13.6. The number of anilines is 2. The van der Waals surface area contributed by atoms with Crippen LogP contribution in [0.1, 0.15) is 38.6 Å². The summed E-state index contributed by atoms with van der Waals surface area (Å²) in [5.41, 5.74) is 6.72. The molecule has 2 N–H and O–H groups in total. The SMILES string of the molecule is Cc1c(N)nc(C(C)(C)C)nc1N1CCCN(C)C(=O)C1. The Labute approximate surface area is 126 Å². The minimum Gasteiger partial charge on any atom is -0.383 e. The largest absolute Gasteiger partial charge is 0.383 e. The van der Waals surface area contributed by atoms with Crippen LogP contribution in [0.2, 0.25) is 0 Å². The molecule has 1 amide bonds. The minimum atomic E-state index is -0.177. The topological polar surface area (TPSA) is 75.3 Å². The molecule has 1 aliphatic rings. The molecule has 0 unspecified atom stereocenters. The molecule has 1 aliphatic heterocycles. The molecular weight excluding hydrogens is 266 g/mol. The van der Waals surface area contributed by atoms with Gasteiger partial charge in [-0.25, -0.2) is 9.97 Å². The van der Waals surface area contributed by atoms with Gasteiger partial charge in [0, 0.05) is 31.1 Å². The third-order valence-electron chi connectivity index (χ3n) is 3.80. The summed E-state index contributed by atoms with van der Waals surface area (Å²) in [5, 5.41) is 0. The van der Waals surface area contributed by atoms with Crippen molar-refractivity contribution in [1.82, 2.24) is 14.9 Å². The predicted octanol–water partition coefficient (Wildman–Crippen LogP) is 1.33. The van der Waals surface area contributed by atoms with Gasteiger partial charge in [-0.05, 0) is 13.3 Å². The van der Waals surface area contributed by atoms with Crippen LogP contribution in [-0.2, 0) is 10.2 Å². The number of likely N-dealkylation sites (N-methyl/N-ethyl adjacent to an activating group) is 1. The summed E-state index contributed by atoms with van der Waals surface area (Å²) >= 11 is 0. The highest BCUT2D eigenvalue weighted by molar-refractivity contribution is 5.82. The predicted molar refractivity (Wildman–Crippen MR) is 84.3 cm³/mol. The lowest BCUT2D eigenvalue weighted by Gasteiger charge is -2.26. The van der Waals surface area contributed by atoms with E-state index in [2.05, 4.69) is 25.8 Å². The average molecular weight is 291 g/mol. The number of carbonyl (C=O) groups excluding carboxylic acids is 1. The number of nitrogens with two attached hydrogens (primary N) is 1. The van der Waals surface area contributed by atoms with Crippen molar-refractivity contribution in [1.29, 1.82) is 0 Å². The van der Waals surface area contributed by atoms with E-state index in [0.29, 0.717) is 18.2 Å². The van der Waals surface area contributed by atoms with Crippen LogP contribution in [0.5, 0.6) is 0 Å². The molecular formula is C15H25N5O. The molecule has 0 aromatic carbocycles. The molecule has 0 spiro atoms. The van der Waals surface area contributed by atoms with E-state index in [0.717, 1.165) is 30.9 Å². The molecule has 0 saturated carbocycles. The Hall–Kier alpha value is -1.85. The van der Waals surface area contributed by atoms with Crippen LogP contribution >= 0.6 is 0 Å². The molecule has 2 heterocycles. The van der Waals surface area contributed by atoms with E-state index in [4.69, 9.17) is 10.7 Å². The molecule has 6 heteroatoms. The standard InChI is InChI=1S/C15H25N5O/c1-10-12(16)17-14(15(2,3)4)18-13(10)20-8-6-7-19(5)11(21)9-20/h6-9H2,1-5H3,(H2,16,17,18). The highest BCUT2D eigenvalue weighted by atomic mass is 16.2. The van der Waals surface area contributed by atoms with Gasteiger partial charge in [-0.3, -0.25) is 4.79 Å². The van der Waals surface area contributed by atoms with Gasteiger partial charge < -0.3 is 15.5 Å². The van der Waals surface area contributed by atoms with Crippen molar-refractivity contribution < 1.29 is 4.79 Å². The number of nitrogens with zero attached hydrogens (tertiary/aromatic N) is 4. The quantitative estimate of drug-likeness (QED) is 0.845. The van der Waals surface area contributed by atoms with E-state index in [9.17, 15) is 4.79 Å². The van der Waals surface area contributed by atoms with Gasteiger partial charge in [-0.15, -0.1) is 0 Å². The van der Waals surface area contributed by atoms with Gasteiger partial charge >= 0.3 is 0 Å². The van der Waals surface area contributed by atoms with Gasteiger partial charge in [0.15, 0.2) is 0 Å². The fourth-order valence-electron chi connectivity index (χ4n) is 2.33. The normalized spacial score (nSPS) is 17.1. The Morgan fingerprint density at radius 1 is 1.19 bits per heavy atom. The number of amides is 1. The Balaban J connectivity index is 2.42. The second kappa shape index (κ2) is 5.50. The van der Waals surface area contributed by atoms with Gasteiger partial charge in [-0.2, -0.15) is 0 Å². The number of aromatic nitrogens is 2. The van der Waals surface area contributed by atoms with Crippen molar-refractivity contribution in [2.24, 2.45) is 0 Å². The fraction of sp³-hybridized carbons (Fsp3) is 0.667. The summed E-state index contributed by atoms with van der Waals surface area (Å²) in [6.45, 7) is 10.0. The van der Waals surface area contributed by atoms with Crippen molar-refractivity contribution in [3.8, 4) is 0 Å². The number of rotatable bonds is 1. The van der Waals surface area contributed by atoms with Gasteiger partial charge in [0.2, 0.25) is 5.91 Å². The summed E-state index contributed by atoms with van der Waals surface area (Å²) in [6, 6.07) is 0. The lowest BCUT2D eigenvalue weighted by Crippen LogP contribution is -2.35. The summed E-state index contributed by atoms with van der Waals surface area (Å²) in [4.78, 5) is 25.0. The van der Waals surface area contributed by atoms with Gasteiger partial charge in [-0.1, -0.05) is 20.8 Å². The first kappa shape index (κ1) is 15.5. The van der Waals surface area contributed by atoms with Crippen LogP contribution in [0.3, 0.4) is 0 Å². The first-order valence-corrected chi connectivity index (χ1v) is 7.33. The molecule has 1 fully saturated rings. The number of hydrogen-bond acceptors (Lipinski definition) is 5. The first-order chi connectivity index (χ1) is 9.70. The van der Waals surface area contributed by atoms with E-state index in [1.165, 1.54) is 0 Å². The molecule has 1 aromatic rings. The molecule has 1 aromatic heterocycles. The maximum atomic E-state index is 12.1. The minimum absolute atomic E-state index is 0.112. The van der Waals surface area contributed by atoms with Gasteiger partial charge in [0.25, 0.3) is 0 Å². The molecule has 21 heavy (non-hydrogen) atoms. The van der Waals surface area contributed by atoms with Crippen LogP contribution in [0.25, 0.3) is 0 Å². The smallest absolute Gasteiger partial charge is 0.241 e. The Bertz CT molecular complexity index is 550. The summed E-state index contributed by atoms with van der Waals surface area (Å²) < 4.78 is 0. The van der Waals surface area contributed by atoms with Crippen molar-refractivity contribution >= 4 is 17.5 Å². The molecule has 0 atom stereocenters. The maximum Gasteiger partial charge on any atom is 0.241 e. The molecule has 1 saturated heterocycles. The second-order valence-electron chi connectivity index (χ2n) is 6.72. The average Bonchev–Trinajstić information content (AvgIpc) is 2.54. The van der Waals surface area contributed by atoms with Crippen molar-refractivity contribution in [2.45, 2.75) is 39.5 Å². The highest BCUT2D eigenvalue weighted by Gasteiger charge is 2.25. The van der Waals surface area contributed by atoms with Crippen LogP contribution in [-0.4, -0.2) is 47.5 Å². The van der Waals surface area contributed by atoms with Gasteiger partial charge in [0.1, 0.15) is 17.5 Å². The van der Waals surface area contributed by atoms with Gasteiger partial charge in [0.05, 0.1) is 6.54 Å². The lowest BCUT2D eigenvalue weighted by atomic mass is 9.95. The number of hydrogen-bond donors (Lipinski definition) is 1. The van der Waals surface area contributed by atoms with Crippen LogP contribution in [0.15, 0.2) is 0 Å². The van der Waals surface area contributed by atoms with Crippen LogP contribution in [0.4, 0.5) is 11.6 Å². The Morgan fingerprint density at radius 3 is 2.48 bits per heavy atom. The van der Waals surface area contributed by atoms with E-state index in [1.54, 1.807) is 4.90 Å². The summed E-state index contributed by atoms with van der Waals surface area (Å²) in [5.74, 6) is 2.11. The van der Waals surface area contributed by atoms with Crippen molar-refractivity contribution in [2.75, 3.05) is 37.3 Å². The van der Waals surface area contributed by atoms with E-state index < -0.39 is 0 Å². The second-order valence-corrected chi connectivity index (χ2v) is 6.72. The van der Waals surface area contributed by atoms with Crippen molar-refractivity contribution in [3.63, 3.8) is 0 Å². The molecule has 0 bridgehead atoms. The van der Waals surface area contributed by atoms with E-state index >= 15 is 0 Å². The molecule has 6 nitrogen and oxygen atoms in total. The summed E-state index contributed by atoms with van der Waals surface area (Å²) in [6.07, 6.45) is 0.927. The zero-order chi connectivity index (χ0) is 15.8. The Morgan fingerprint density at radius 2 is 1.86 bits per heavy atom. The van der Waals surface area contributed by atoms with Crippen molar-refractivity contribution in [3.05, 3.63) is 11.4 Å². The summed E-state index contributed by atoms with van der Waals surface area (Å²) in [7, 11) is 1.84. The van der Waals surface area contributed by atoms with E-state index in [-0.39, 0.29) is 11.3 Å². The first-order valence-electron chi connectivity index (χ1n) is 7.33. The lowest BCUT2D eigenvalue weighted by molar-refractivity contribution is -0.127. The zero-order valence-electron chi connectivity index (χ0n) is 13.6.